The van der Waals surface area contributed by atoms with Gasteiger partial charge in [0.15, 0.2) is 0 Å². The zero-order valence-electron chi connectivity index (χ0n) is 15.3. The maximum Gasteiger partial charge on any atom is 0.226 e. The summed E-state index contributed by atoms with van der Waals surface area (Å²) in [6, 6.07) is 16.0. The van der Waals surface area contributed by atoms with Gasteiger partial charge < -0.3 is 10.2 Å². The summed E-state index contributed by atoms with van der Waals surface area (Å²) in [7, 11) is 0. The Kier molecular flexibility index (Phi) is 6.05. The number of rotatable bonds is 6. The highest BCUT2D eigenvalue weighted by molar-refractivity contribution is 5.96. The second kappa shape index (κ2) is 8.65. The van der Waals surface area contributed by atoms with Gasteiger partial charge in [-0.1, -0.05) is 30.3 Å². The van der Waals surface area contributed by atoms with Gasteiger partial charge in [0.2, 0.25) is 11.8 Å². The van der Waals surface area contributed by atoms with Crippen molar-refractivity contribution >= 4 is 23.2 Å². The van der Waals surface area contributed by atoms with Crippen molar-refractivity contribution in [3.8, 4) is 0 Å². The maximum absolute atomic E-state index is 12.2. The van der Waals surface area contributed by atoms with Crippen molar-refractivity contribution in [1.29, 1.82) is 0 Å². The van der Waals surface area contributed by atoms with Crippen LogP contribution < -0.4 is 10.2 Å². The van der Waals surface area contributed by atoms with Crippen molar-refractivity contribution in [2.75, 3.05) is 16.8 Å². The molecular formula is C22H26N2O2. The maximum atomic E-state index is 12.2. The Morgan fingerprint density at radius 3 is 2.65 bits per heavy atom. The number of aryl methyl sites for hydroxylation is 2. The van der Waals surface area contributed by atoms with Crippen LogP contribution in [0.2, 0.25) is 0 Å². The quantitative estimate of drug-likeness (QED) is 0.835. The molecule has 1 heterocycles. The molecule has 4 heteroatoms. The molecule has 0 atom stereocenters. The van der Waals surface area contributed by atoms with Crippen molar-refractivity contribution < 1.29 is 9.59 Å². The minimum atomic E-state index is 0.0298. The van der Waals surface area contributed by atoms with Gasteiger partial charge in [-0.05, 0) is 61.9 Å². The van der Waals surface area contributed by atoms with Gasteiger partial charge in [0.1, 0.15) is 0 Å². The van der Waals surface area contributed by atoms with Crippen molar-refractivity contribution in [3.05, 3.63) is 59.7 Å². The fourth-order valence-corrected chi connectivity index (χ4v) is 3.42. The van der Waals surface area contributed by atoms with E-state index in [0.717, 1.165) is 49.2 Å². The van der Waals surface area contributed by atoms with E-state index >= 15 is 0 Å². The van der Waals surface area contributed by atoms with Crippen LogP contribution in [0.3, 0.4) is 0 Å². The van der Waals surface area contributed by atoms with Gasteiger partial charge in [-0.15, -0.1) is 0 Å². The Balaban J connectivity index is 1.53. The lowest BCUT2D eigenvalue weighted by Gasteiger charge is -2.28. The van der Waals surface area contributed by atoms with Crippen molar-refractivity contribution in [3.63, 3.8) is 0 Å². The van der Waals surface area contributed by atoms with E-state index in [-0.39, 0.29) is 11.8 Å². The normalized spacial score (nSPS) is 14.3. The SMILES string of the molecule is Cc1cc(NC(=O)CCCc2ccccc2)ccc1N1CCCCC1=O. The molecule has 2 amide bonds. The topological polar surface area (TPSA) is 49.4 Å². The van der Waals surface area contributed by atoms with Crippen molar-refractivity contribution in [2.45, 2.75) is 45.4 Å². The predicted molar refractivity (Wildman–Crippen MR) is 105 cm³/mol. The number of carbonyl (C=O) groups is 2. The molecular weight excluding hydrogens is 324 g/mol. The first kappa shape index (κ1) is 18.2. The third kappa shape index (κ3) is 4.72. The van der Waals surface area contributed by atoms with E-state index in [1.807, 2.05) is 48.2 Å². The number of hydrogen-bond donors (Lipinski definition) is 1. The van der Waals surface area contributed by atoms with E-state index in [9.17, 15) is 9.59 Å². The summed E-state index contributed by atoms with van der Waals surface area (Å²) in [5.74, 6) is 0.221. The molecule has 4 nitrogen and oxygen atoms in total. The number of amides is 2. The lowest BCUT2D eigenvalue weighted by Crippen LogP contribution is -2.35. The van der Waals surface area contributed by atoms with Gasteiger partial charge in [0.25, 0.3) is 0 Å². The lowest BCUT2D eigenvalue weighted by molar-refractivity contribution is -0.119. The van der Waals surface area contributed by atoms with Gasteiger partial charge >= 0.3 is 0 Å². The van der Waals surface area contributed by atoms with Crippen LogP contribution in [0, 0.1) is 6.92 Å². The van der Waals surface area contributed by atoms with Crippen LogP contribution in [0.25, 0.3) is 0 Å². The highest BCUT2D eigenvalue weighted by Crippen LogP contribution is 2.27. The second-order valence-corrected chi connectivity index (χ2v) is 6.89. The van der Waals surface area contributed by atoms with Crippen LogP contribution in [-0.4, -0.2) is 18.4 Å². The molecule has 1 aliphatic heterocycles. The molecule has 1 N–H and O–H groups in total. The average molecular weight is 350 g/mol. The molecule has 1 saturated heterocycles. The van der Waals surface area contributed by atoms with Gasteiger partial charge in [-0.2, -0.15) is 0 Å². The Hall–Kier alpha value is -2.62. The Bertz CT molecular complexity index is 771. The third-order valence-corrected chi connectivity index (χ3v) is 4.81. The fourth-order valence-electron chi connectivity index (χ4n) is 3.42. The number of carbonyl (C=O) groups excluding carboxylic acids is 2. The smallest absolute Gasteiger partial charge is 0.226 e. The number of piperidine rings is 1. The molecule has 0 saturated carbocycles. The molecule has 0 aromatic heterocycles. The highest BCUT2D eigenvalue weighted by atomic mass is 16.2. The Morgan fingerprint density at radius 2 is 1.92 bits per heavy atom. The standard InChI is InChI=1S/C22H26N2O2/c1-17-16-19(13-14-20(17)24-15-6-5-12-22(24)26)23-21(25)11-7-10-18-8-3-2-4-9-18/h2-4,8-9,13-14,16H,5-7,10-12,15H2,1H3,(H,23,25). The van der Waals surface area contributed by atoms with E-state index in [2.05, 4.69) is 17.4 Å². The first-order chi connectivity index (χ1) is 12.6. The van der Waals surface area contributed by atoms with Crippen LogP contribution in [0.5, 0.6) is 0 Å². The summed E-state index contributed by atoms with van der Waals surface area (Å²) < 4.78 is 0. The molecule has 3 rings (SSSR count). The van der Waals surface area contributed by atoms with Crippen LogP contribution >= 0.6 is 0 Å². The van der Waals surface area contributed by atoms with Crippen molar-refractivity contribution in [1.82, 2.24) is 0 Å². The number of anilines is 2. The van der Waals surface area contributed by atoms with Gasteiger partial charge in [-0.3, -0.25) is 9.59 Å². The number of nitrogens with zero attached hydrogens (tertiary/aromatic N) is 1. The summed E-state index contributed by atoms with van der Waals surface area (Å²) in [6.45, 7) is 2.77. The Morgan fingerprint density at radius 1 is 1.12 bits per heavy atom. The first-order valence-corrected chi connectivity index (χ1v) is 9.38. The number of nitrogens with one attached hydrogen (secondary N) is 1. The van der Waals surface area contributed by atoms with Crippen LogP contribution in [-0.2, 0) is 16.0 Å². The lowest BCUT2D eigenvalue weighted by atomic mass is 10.1. The minimum Gasteiger partial charge on any atom is -0.326 e. The fraction of sp³-hybridized carbons (Fsp3) is 0.364. The van der Waals surface area contributed by atoms with Gasteiger partial charge in [0, 0.05) is 30.8 Å². The molecule has 0 aliphatic carbocycles. The summed E-state index contributed by atoms with van der Waals surface area (Å²) in [5, 5.41) is 2.97. The molecule has 1 aliphatic rings. The van der Waals surface area contributed by atoms with Crippen LogP contribution in [0.1, 0.15) is 43.2 Å². The molecule has 26 heavy (non-hydrogen) atoms. The van der Waals surface area contributed by atoms with Gasteiger partial charge in [0.05, 0.1) is 0 Å². The molecule has 2 aromatic rings. The molecule has 2 aromatic carbocycles. The van der Waals surface area contributed by atoms with E-state index in [1.54, 1.807) is 0 Å². The van der Waals surface area contributed by atoms with Crippen molar-refractivity contribution in [2.24, 2.45) is 0 Å². The molecule has 136 valence electrons. The molecule has 0 spiro atoms. The molecule has 0 radical (unpaired) electrons. The number of hydrogen-bond acceptors (Lipinski definition) is 2. The zero-order chi connectivity index (χ0) is 18.4. The summed E-state index contributed by atoms with van der Waals surface area (Å²) in [4.78, 5) is 26.1. The summed E-state index contributed by atoms with van der Waals surface area (Å²) in [6.07, 6.45) is 4.88. The minimum absolute atomic E-state index is 0.0298. The van der Waals surface area contributed by atoms with E-state index in [1.165, 1.54) is 5.56 Å². The van der Waals surface area contributed by atoms with Crippen LogP contribution in [0.15, 0.2) is 48.5 Å². The third-order valence-electron chi connectivity index (χ3n) is 4.81. The zero-order valence-corrected chi connectivity index (χ0v) is 15.3. The monoisotopic (exact) mass is 350 g/mol. The molecule has 1 fully saturated rings. The largest absolute Gasteiger partial charge is 0.326 e. The van der Waals surface area contributed by atoms with Gasteiger partial charge in [-0.25, -0.2) is 0 Å². The number of benzene rings is 2. The predicted octanol–water partition coefficient (Wildman–Crippen LogP) is 4.47. The summed E-state index contributed by atoms with van der Waals surface area (Å²) >= 11 is 0. The van der Waals surface area contributed by atoms with E-state index in [0.29, 0.717) is 12.8 Å². The van der Waals surface area contributed by atoms with E-state index in [4.69, 9.17) is 0 Å². The van der Waals surface area contributed by atoms with Crippen LogP contribution in [0.4, 0.5) is 11.4 Å². The Labute approximate surface area is 155 Å². The summed E-state index contributed by atoms with van der Waals surface area (Å²) in [5.41, 5.74) is 4.02. The average Bonchev–Trinajstić information content (AvgIpc) is 2.64. The van der Waals surface area contributed by atoms with E-state index < -0.39 is 0 Å². The molecule has 0 bridgehead atoms. The molecule has 0 unspecified atom stereocenters. The first-order valence-electron chi connectivity index (χ1n) is 9.38. The highest BCUT2D eigenvalue weighted by Gasteiger charge is 2.21. The second-order valence-electron chi connectivity index (χ2n) is 6.89.